The molecule has 1 unspecified atom stereocenters. The Morgan fingerprint density at radius 3 is 1.46 bits per heavy atom. The number of benzene rings is 5. The fourth-order valence-electron chi connectivity index (χ4n) is 6.39. The van der Waals surface area contributed by atoms with Gasteiger partial charge in [0, 0.05) is 53.3 Å². The van der Waals surface area contributed by atoms with Crippen LogP contribution in [0.1, 0.15) is 54.8 Å². The van der Waals surface area contributed by atoms with Gasteiger partial charge in [-0.15, -0.1) is 0 Å². The molecule has 5 aromatic carbocycles. The Hall–Kier alpha value is -4.40. The molecule has 0 spiro atoms. The zero-order chi connectivity index (χ0) is 27.2. The molecule has 0 radical (unpaired) electrons. The van der Waals surface area contributed by atoms with E-state index in [0.717, 1.165) is 37.2 Å². The van der Waals surface area contributed by atoms with Crippen LogP contribution in [-0.2, 0) is 4.74 Å². The van der Waals surface area contributed by atoms with Crippen LogP contribution in [0.3, 0.4) is 0 Å². The second-order valence-electron chi connectivity index (χ2n) is 10.3. The molecule has 194 valence electrons. The second kappa shape index (κ2) is 8.30. The molecule has 5 aromatic rings. The normalized spacial score (nSPS) is 16.1. The molecular weight excluding hydrogens is 496 g/mol. The molecule has 8 heteroatoms. The second-order valence-corrected chi connectivity index (χ2v) is 10.3. The summed E-state index contributed by atoms with van der Waals surface area (Å²) < 4.78 is 5.11. The molecule has 0 saturated carbocycles. The molecule has 0 bridgehead atoms. The van der Waals surface area contributed by atoms with E-state index in [9.17, 15) is 24.3 Å². The van der Waals surface area contributed by atoms with Gasteiger partial charge in [0.1, 0.15) is 0 Å². The fourth-order valence-corrected chi connectivity index (χ4v) is 6.39. The largest absolute Gasteiger partial charge is 0.394 e. The molecule has 8 nitrogen and oxygen atoms in total. The van der Waals surface area contributed by atoms with E-state index in [0.29, 0.717) is 46.1 Å². The predicted octanol–water partition coefficient (Wildman–Crippen LogP) is 4.35. The van der Waals surface area contributed by atoms with Crippen molar-refractivity contribution in [3.05, 3.63) is 70.8 Å². The molecule has 2 heterocycles. The van der Waals surface area contributed by atoms with E-state index in [4.69, 9.17) is 4.74 Å². The first-order valence-electron chi connectivity index (χ1n) is 12.9. The monoisotopic (exact) mass is 520 g/mol. The lowest BCUT2D eigenvalue weighted by Gasteiger charge is -2.32. The van der Waals surface area contributed by atoms with E-state index in [1.54, 1.807) is 38.3 Å². The van der Waals surface area contributed by atoms with E-state index in [2.05, 4.69) is 0 Å². The number of ether oxygens (including phenoxy) is 1. The molecule has 0 aliphatic carbocycles. The van der Waals surface area contributed by atoms with Crippen molar-refractivity contribution >= 4 is 66.7 Å². The first kappa shape index (κ1) is 23.7. The molecule has 4 amide bonds. The summed E-state index contributed by atoms with van der Waals surface area (Å²) in [5, 5.41) is 15.9. The van der Waals surface area contributed by atoms with Crippen molar-refractivity contribution in [2.75, 3.05) is 26.9 Å². The molecule has 0 aromatic heterocycles. The van der Waals surface area contributed by atoms with Crippen molar-refractivity contribution in [2.24, 2.45) is 0 Å². The standard InChI is InChI=1S/C31H24N2O6/c1-15(14-34)33-30(37)22-10-6-18-16-4-8-20-26-21(29(36)32(28(20)35)12-3-13-39-2)9-5-17(24(16)26)19-7-11-23(31(33)38)27(22)25(18)19/h4-11,15,34H,3,12-14H2,1-2H3. The van der Waals surface area contributed by atoms with Crippen molar-refractivity contribution in [1.29, 1.82) is 0 Å². The van der Waals surface area contributed by atoms with Gasteiger partial charge in [-0.2, -0.15) is 0 Å². The maximum absolute atomic E-state index is 13.5. The molecule has 39 heavy (non-hydrogen) atoms. The Balaban J connectivity index is 1.53. The number of rotatable bonds is 6. The average molecular weight is 521 g/mol. The number of carbonyl (C=O) groups is 4. The minimum atomic E-state index is -0.651. The molecule has 0 fully saturated rings. The molecule has 0 saturated heterocycles. The van der Waals surface area contributed by atoms with Crippen molar-refractivity contribution in [3.63, 3.8) is 0 Å². The number of aliphatic hydroxyl groups excluding tert-OH is 1. The van der Waals surface area contributed by atoms with E-state index in [-0.39, 0.29) is 25.0 Å². The minimum absolute atomic E-state index is 0.275. The van der Waals surface area contributed by atoms with Crippen molar-refractivity contribution in [1.82, 2.24) is 9.80 Å². The zero-order valence-electron chi connectivity index (χ0n) is 21.4. The van der Waals surface area contributed by atoms with Crippen LogP contribution in [0.5, 0.6) is 0 Å². The van der Waals surface area contributed by atoms with Crippen LogP contribution in [0.25, 0.3) is 43.1 Å². The number of hydrogen-bond acceptors (Lipinski definition) is 6. The lowest BCUT2D eigenvalue weighted by molar-refractivity contribution is 0.0490. The number of carbonyl (C=O) groups excluding carboxylic acids is 4. The smallest absolute Gasteiger partial charge is 0.261 e. The number of nitrogens with zero attached hydrogens (tertiary/aromatic N) is 2. The molecule has 7 rings (SSSR count). The van der Waals surface area contributed by atoms with Crippen molar-refractivity contribution in [2.45, 2.75) is 19.4 Å². The van der Waals surface area contributed by atoms with Gasteiger partial charge in [-0.3, -0.25) is 29.0 Å². The number of imide groups is 2. The van der Waals surface area contributed by atoms with E-state index in [1.165, 1.54) is 4.90 Å². The SMILES string of the molecule is COCCCN1C(=O)c2ccc3c4ccc5c6c(ccc(c7ccc(c2c37)C1=O)c64)C(=O)N(C(C)CO)C5=O. The maximum atomic E-state index is 13.5. The van der Waals surface area contributed by atoms with Crippen LogP contribution in [0.4, 0.5) is 0 Å². The minimum Gasteiger partial charge on any atom is -0.394 e. The van der Waals surface area contributed by atoms with Gasteiger partial charge in [-0.1, -0.05) is 24.3 Å². The van der Waals surface area contributed by atoms with Crippen molar-refractivity contribution in [3.8, 4) is 0 Å². The van der Waals surface area contributed by atoms with Crippen LogP contribution < -0.4 is 0 Å². The first-order chi connectivity index (χ1) is 18.9. The number of amides is 4. The number of fused-ring (bicyclic) bond motifs is 2. The Kier molecular flexibility index (Phi) is 5.04. The fraction of sp³-hybridized carbons (Fsp3) is 0.226. The summed E-state index contributed by atoms with van der Waals surface area (Å²) in [6.07, 6.45) is 0.550. The van der Waals surface area contributed by atoms with Gasteiger partial charge in [0.2, 0.25) is 0 Å². The van der Waals surface area contributed by atoms with E-state index in [1.807, 2.05) is 24.3 Å². The van der Waals surface area contributed by atoms with Gasteiger partial charge in [0.05, 0.1) is 12.6 Å². The molecule has 2 aliphatic heterocycles. The highest BCUT2D eigenvalue weighted by Crippen LogP contribution is 2.46. The first-order valence-corrected chi connectivity index (χ1v) is 12.9. The Morgan fingerprint density at radius 1 is 0.667 bits per heavy atom. The quantitative estimate of drug-likeness (QED) is 0.155. The number of aliphatic hydroxyl groups is 1. The molecule has 2 aliphatic rings. The number of hydrogen-bond donors (Lipinski definition) is 1. The highest BCUT2D eigenvalue weighted by Gasteiger charge is 2.38. The van der Waals surface area contributed by atoms with Gasteiger partial charge in [0.25, 0.3) is 23.6 Å². The lowest BCUT2D eigenvalue weighted by atomic mass is 9.82. The van der Waals surface area contributed by atoms with E-state index >= 15 is 0 Å². The summed E-state index contributed by atoms with van der Waals surface area (Å²) in [6, 6.07) is 13.9. The third-order valence-electron chi connectivity index (χ3n) is 8.19. The highest BCUT2D eigenvalue weighted by atomic mass is 16.5. The van der Waals surface area contributed by atoms with Crippen LogP contribution in [0, 0.1) is 0 Å². The van der Waals surface area contributed by atoms with Crippen LogP contribution in [-0.4, -0.2) is 71.4 Å². The van der Waals surface area contributed by atoms with Gasteiger partial charge >= 0.3 is 0 Å². The summed E-state index contributed by atoms with van der Waals surface area (Å²) in [5.41, 5.74) is 1.79. The zero-order valence-corrected chi connectivity index (χ0v) is 21.4. The third-order valence-corrected chi connectivity index (χ3v) is 8.19. The van der Waals surface area contributed by atoms with Crippen LogP contribution in [0.15, 0.2) is 48.5 Å². The predicted molar refractivity (Wildman–Crippen MR) is 147 cm³/mol. The van der Waals surface area contributed by atoms with Gasteiger partial charge in [0.15, 0.2) is 0 Å². The highest BCUT2D eigenvalue weighted by molar-refractivity contribution is 6.41. The van der Waals surface area contributed by atoms with Gasteiger partial charge in [-0.25, -0.2) is 0 Å². The summed E-state index contributed by atoms with van der Waals surface area (Å²) in [4.78, 5) is 56.2. The third kappa shape index (κ3) is 2.95. The topological polar surface area (TPSA) is 104 Å². The van der Waals surface area contributed by atoms with Crippen molar-refractivity contribution < 1.29 is 29.0 Å². The van der Waals surface area contributed by atoms with Crippen LogP contribution in [0.2, 0.25) is 0 Å². The van der Waals surface area contributed by atoms with Crippen LogP contribution >= 0.6 is 0 Å². The molecule has 1 N–H and O–H groups in total. The molecule has 1 atom stereocenters. The van der Waals surface area contributed by atoms with Gasteiger partial charge in [-0.05, 0) is 69.9 Å². The molecular formula is C31H24N2O6. The number of methoxy groups -OCH3 is 1. The van der Waals surface area contributed by atoms with E-state index < -0.39 is 17.9 Å². The Morgan fingerprint density at radius 2 is 1.08 bits per heavy atom. The summed E-state index contributed by atoms with van der Waals surface area (Å²) in [6.45, 7) is 2.04. The average Bonchev–Trinajstić information content (AvgIpc) is 2.95. The maximum Gasteiger partial charge on any atom is 0.261 e. The summed E-state index contributed by atoms with van der Waals surface area (Å²) in [5.74, 6) is -1.51. The Bertz CT molecular complexity index is 1810. The Labute approximate surface area is 222 Å². The summed E-state index contributed by atoms with van der Waals surface area (Å²) in [7, 11) is 1.59. The van der Waals surface area contributed by atoms with Gasteiger partial charge < -0.3 is 9.84 Å². The summed E-state index contributed by atoms with van der Waals surface area (Å²) >= 11 is 0. The lowest BCUT2D eigenvalue weighted by Crippen LogP contribution is -2.47.